The first-order valence-corrected chi connectivity index (χ1v) is 9.53. The number of anilines is 2. The highest BCUT2D eigenvalue weighted by Gasteiger charge is 2.46. The molecule has 5 heterocycles. The van der Waals surface area contributed by atoms with Gasteiger partial charge in [-0.25, -0.2) is 19.7 Å². The molecule has 2 N–H and O–H groups in total. The number of amides is 2. The van der Waals surface area contributed by atoms with Crippen molar-refractivity contribution in [1.82, 2.24) is 20.3 Å². The number of nitrogens with one attached hydrogen (secondary N) is 1. The lowest BCUT2D eigenvalue weighted by Gasteiger charge is -2.33. The van der Waals surface area contributed by atoms with Gasteiger partial charge < -0.3 is 15.2 Å². The molecule has 2 atom stereocenters. The van der Waals surface area contributed by atoms with E-state index in [0.29, 0.717) is 33.6 Å². The number of urea groups is 1. The standard InChI is InChI=1S/C19H13N5O4S/c25-18(26)16-15-14-12(5-7-21-17(14)29-16)24(19(27)23-15)13-4-3-11(9-22-13)28-10-2-1-6-20-8-10/h1-9,15-16H,(H,23,27)(H,25,26). The summed E-state index contributed by atoms with van der Waals surface area (Å²) in [6, 6.07) is 7.51. The van der Waals surface area contributed by atoms with E-state index < -0.39 is 23.3 Å². The van der Waals surface area contributed by atoms with Crippen LogP contribution >= 0.6 is 11.8 Å². The van der Waals surface area contributed by atoms with Crippen LogP contribution in [0.1, 0.15) is 11.6 Å². The highest BCUT2D eigenvalue weighted by Crippen LogP contribution is 2.50. The number of carboxylic acids is 1. The second-order valence-electron chi connectivity index (χ2n) is 6.33. The number of nitrogens with zero attached hydrogens (tertiary/aromatic N) is 4. The van der Waals surface area contributed by atoms with E-state index in [2.05, 4.69) is 20.3 Å². The van der Waals surface area contributed by atoms with Crippen molar-refractivity contribution in [1.29, 1.82) is 0 Å². The summed E-state index contributed by atoms with van der Waals surface area (Å²) in [5.41, 5.74) is 1.27. The molecule has 0 saturated heterocycles. The van der Waals surface area contributed by atoms with Gasteiger partial charge in [0.15, 0.2) is 0 Å². The lowest BCUT2D eigenvalue weighted by atomic mass is 10.0. The Labute approximate surface area is 168 Å². The van der Waals surface area contributed by atoms with E-state index in [0.717, 1.165) is 11.8 Å². The molecule has 0 bridgehead atoms. The number of carboxylic acid groups (broad SMARTS) is 1. The molecular weight excluding hydrogens is 394 g/mol. The summed E-state index contributed by atoms with van der Waals surface area (Å²) < 4.78 is 5.68. The van der Waals surface area contributed by atoms with Crippen molar-refractivity contribution < 1.29 is 19.4 Å². The third-order valence-corrected chi connectivity index (χ3v) is 5.85. The Bertz CT molecular complexity index is 1110. The van der Waals surface area contributed by atoms with Gasteiger partial charge >= 0.3 is 12.0 Å². The van der Waals surface area contributed by atoms with E-state index in [1.54, 1.807) is 48.9 Å². The SMILES string of the molecule is O=C(O)C1Sc2nccc3c2C1NC(=O)N3c1ccc(Oc2cccnc2)cn1. The van der Waals surface area contributed by atoms with Gasteiger partial charge in [0.05, 0.1) is 24.1 Å². The van der Waals surface area contributed by atoms with Gasteiger partial charge in [-0.1, -0.05) is 11.8 Å². The van der Waals surface area contributed by atoms with Gasteiger partial charge in [-0.15, -0.1) is 0 Å². The molecule has 0 aromatic carbocycles. The van der Waals surface area contributed by atoms with Crippen molar-refractivity contribution in [3.8, 4) is 11.5 Å². The Kier molecular flexibility index (Phi) is 4.06. The molecule has 2 amide bonds. The maximum Gasteiger partial charge on any atom is 0.328 e. The Morgan fingerprint density at radius 1 is 1.14 bits per heavy atom. The summed E-state index contributed by atoms with van der Waals surface area (Å²) in [4.78, 5) is 38.4. The van der Waals surface area contributed by atoms with Crippen molar-refractivity contribution in [2.75, 3.05) is 4.90 Å². The summed E-state index contributed by atoms with van der Waals surface area (Å²) in [5.74, 6) is 0.465. The highest BCUT2D eigenvalue weighted by molar-refractivity contribution is 8.00. The summed E-state index contributed by atoms with van der Waals surface area (Å²) in [5, 5.41) is 12.0. The van der Waals surface area contributed by atoms with Gasteiger partial charge in [-0.3, -0.25) is 9.78 Å². The van der Waals surface area contributed by atoms with Gasteiger partial charge in [-0.05, 0) is 30.3 Å². The van der Waals surface area contributed by atoms with Crippen molar-refractivity contribution in [2.24, 2.45) is 0 Å². The number of aliphatic carboxylic acids is 1. The van der Waals surface area contributed by atoms with Crippen LogP contribution in [0.15, 0.2) is 60.1 Å². The van der Waals surface area contributed by atoms with E-state index >= 15 is 0 Å². The molecule has 0 saturated carbocycles. The molecule has 5 rings (SSSR count). The Morgan fingerprint density at radius 3 is 2.72 bits per heavy atom. The summed E-state index contributed by atoms with van der Waals surface area (Å²) >= 11 is 1.14. The van der Waals surface area contributed by atoms with E-state index in [1.807, 2.05) is 0 Å². The number of hydrogen-bond acceptors (Lipinski definition) is 7. The smallest absolute Gasteiger partial charge is 0.328 e. The number of carbonyl (C=O) groups is 2. The molecule has 3 aromatic heterocycles. The molecule has 2 aliphatic rings. The zero-order valence-corrected chi connectivity index (χ0v) is 15.5. The summed E-state index contributed by atoms with van der Waals surface area (Å²) in [6.07, 6.45) is 6.31. The quantitative estimate of drug-likeness (QED) is 0.677. The predicted molar refractivity (Wildman–Crippen MR) is 103 cm³/mol. The number of carbonyl (C=O) groups excluding carboxylic acids is 1. The molecule has 0 radical (unpaired) electrons. The Morgan fingerprint density at radius 2 is 2.00 bits per heavy atom. The molecule has 10 heteroatoms. The molecule has 29 heavy (non-hydrogen) atoms. The first-order chi connectivity index (χ1) is 14.1. The molecule has 2 unspecified atom stereocenters. The van der Waals surface area contributed by atoms with Crippen LogP contribution in [-0.2, 0) is 4.79 Å². The first-order valence-electron chi connectivity index (χ1n) is 8.65. The maximum atomic E-state index is 12.8. The predicted octanol–water partition coefficient (Wildman–Crippen LogP) is 3.13. The van der Waals surface area contributed by atoms with E-state index in [9.17, 15) is 14.7 Å². The topological polar surface area (TPSA) is 118 Å². The molecule has 3 aromatic rings. The summed E-state index contributed by atoms with van der Waals surface area (Å²) in [6.45, 7) is 0. The second kappa shape index (κ2) is 6.74. The van der Waals surface area contributed by atoms with Crippen LogP contribution < -0.4 is 15.0 Å². The van der Waals surface area contributed by atoms with Crippen LogP contribution in [0.3, 0.4) is 0 Å². The molecule has 0 aliphatic carbocycles. The van der Waals surface area contributed by atoms with Gasteiger partial charge in [-0.2, -0.15) is 0 Å². The lowest BCUT2D eigenvalue weighted by Crippen LogP contribution is -2.47. The minimum Gasteiger partial charge on any atom is -0.480 e. The Balaban J connectivity index is 1.48. The van der Waals surface area contributed by atoms with E-state index in [4.69, 9.17) is 4.74 Å². The van der Waals surface area contributed by atoms with Crippen molar-refractivity contribution in [3.63, 3.8) is 0 Å². The highest BCUT2D eigenvalue weighted by atomic mass is 32.2. The van der Waals surface area contributed by atoms with Gasteiger partial charge in [0.25, 0.3) is 0 Å². The zero-order valence-electron chi connectivity index (χ0n) is 14.7. The van der Waals surface area contributed by atoms with Crippen molar-refractivity contribution >= 4 is 35.3 Å². The van der Waals surface area contributed by atoms with Crippen LogP contribution in [0, 0.1) is 0 Å². The number of ether oxygens (including phenoxy) is 1. The van der Waals surface area contributed by atoms with E-state index in [1.165, 1.54) is 11.1 Å². The van der Waals surface area contributed by atoms with Gasteiger partial charge in [0, 0.05) is 18.0 Å². The van der Waals surface area contributed by atoms with Crippen LogP contribution in [0.5, 0.6) is 11.5 Å². The van der Waals surface area contributed by atoms with Crippen molar-refractivity contribution in [2.45, 2.75) is 16.3 Å². The average molecular weight is 407 g/mol. The average Bonchev–Trinajstić information content (AvgIpc) is 3.10. The molecule has 0 fully saturated rings. The fraction of sp³-hybridized carbons (Fsp3) is 0.105. The number of pyridine rings is 3. The normalized spacial score (nSPS) is 19.4. The zero-order chi connectivity index (χ0) is 20.0. The molecule has 144 valence electrons. The fourth-order valence-corrected chi connectivity index (χ4v) is 4.51. The first kappa shape index (κ1) is 17.4. The molecular formula is C19H13N5O4S. The van der Waals surface area contributed by atoms with Crippen LogP contribution in [-0.4, -0.2) is 37.3 Å². The number of aromatic nitrogens is 3. The number of rotatable bonds is 4. The monoisotopic (exact) mass is 407 g/mol. The van der Waals surface area contributed by atoms with Crippen LogP contribution in [0.25, 0.3) is 0 Å². The largest absolute Gasteiger partial charge is 0.480 e. The molecule has 2 aliphatic heterocycles. The Hall–Kier alpha value is -3.66. The molecule has 9 nitrogen and oxygen atoms in total. The maximum absolute atomic E-state index is 12.8. The fourth-order valence-electron chi connectivity index (χ4n) is 3.35. The summed E-state index contributed by atoms with van der Waals surface area (Å²) in [7, 11) is 0. The number of thioether (sulfide) groups is 1. The minimum atomic E-state index is -0.993. The third kappa shape index (κ3) is 2.93. The van der Waals surface area contributed by atoms with E-state index in [-0.39, 0.29) is 0 Å². The van der Waals surface area contributed by atoms with Crippen LogP contribution in [0.2, 0.25) is 0 Å². The van der Waals surface area contributed by atoms with Crippen molar-refractivity contribution in [3.05, 3.63) is 60.7 Å². The van der Waals surface area contributed by atoms with Crippen LogP contribution in [0.4, 0.5) is 16.3 Å². The lowest BCUT2D eigenvalue weighted by molar-refractivity contribution is -0.136. The van der Waals surface area contributed by atoms with Gasteiger partial charge in [0.2, 0.25) is 0 Å². The molecule has 0 spiro atoms. The van der Waals surface area contributed by atoms with Gasteiger partial charge in [0.1, 0.15) is 27.6 Å². The third-order valence-electron chi connectivity index (χ3n) is 4.57. The number of hydrogen-bond donors (Lipinski definition) is 2. The second-order valence-corrected chi connectivity index (χ2v) is 7.46. The minimum absolute atomic E-state index is 0.386.